The molecule has 0 bridgehead atoms. The van der Waals surface area contributed by atoms with Crippen molar-refractivity contribution in [3.8, 4) is 0 Å². The summed E-state index contributed by atoms with van der Waals surface area (Å²) in [5, 5.41) is 2.16. The second-order valence-corrected chi connectivity index (χ2v) is 3.71. The van der Waals surface area contributed by atoms with E-state index in [0.29, 0.717) is 5.92 Å². The number of thiophene rings is 1. The van der Waals surface area contributed by atoms with Crippen LogP contribution >= 0.6 is 11.3 Å². The number of rotatable bonds is 1. The first-order chi connectivity index (χ1) is 4.22. The SMILES string of the molecule is Bc1sccc1C(C)C. The van der Waals surface area contributed by atoms with Crippen LogP contribution in [0.4, 0.5) is 0 Å². The van der Waals surface area contributed by atoms with Crippen molar-refractivity contribution in [3.63, 3.8) is 0 Å². The molecule has 0 saturated carbocycles. The molecule has 0 N–H and O–H groups in total. The Morgan fingerprint density at radius 2 is 2.22 bits per heavy atom. The van der Waals surface area contributed by atoms with E-state index in [1.54, 1.807) is 0 Å². The van der Waals surface area contributed by atoms with Gasteiger partial charge in [-0.05, 0) is 27.7 Å². The zero-order valence-electron chi connectivity index (χ0n) is 6.14. The van der Waals surface area contributed by atoms with Gasteiger partial charge in [0.1, 0.15) is 0 Å². The lowest BCUT2D eigenvalue weighted by atomic mass is 9.95. The standard InChI is InChI=1S/C7H11BS/c1-5(2)6-3-4-9-7(6)8/h3-5H,8H2,1-2H3. The minimum absolute atomic E-state index is 0.691. The maximum absolute atomic E-state index is 2.23. The van der Waals surface area contributed by atoms with Crippen LogP contribution < -0.4 is 4.78 Å². The van der Waals surface area contributed by atoms with Gasteiger partial charge in [0.2, 0.25) is 0 Å². The summed E-state index contributed by atoms with van der Waals surface area (Å²) in [5.41, 5.74) is 1.50. The Hall–Kier alpha value is -0.235. The van der Waals surface area contributed by atoms with Crippen LogP contribution in [-0.2, 0) is 0 Å². The fraction of sp³-hybridized carbons (Fsp3) is 0.429. The van der Waals surface area contributed by atoms with Crippen LogP contribution in [0.25, 0.3) is 0 Å². The van der Waals surface area contributed by atoms with Crippen LogP contribution in [0, 0.1) is 0 Å². The summed E-state index contributed by atoms with van der Waals surface area (Å²) in [7, 11) is 2.18. The van der Waals surface area contributed by atoms with E-state index in [9.17, 15) is 0 Å². The molecule has 0 saturated heterocycles. The normalized spacial score (nSPS) is 10.6. The lowest BCUT2D eigenvalue weighted by molar-refractivity contribution is 0.877. The Morgan fingerprint density at radius 3 is 2.44 bits per heavy atom. The van der Waals surface area contributed by atoms with Crippen molar-refractivity contribution in [3.05, 3.63) is 17.0 Å². The van der Waals surface area contributed by atoms with Crippen LogP contribution in [0.15, 0.2) is 11.4 Å². The van der Waals surface area contributed by atoms with E-state index in [-0.39, 0.29) is 0 Å². The molecule has 0 radical (unpaired) electrons. The maximum Gasteiger partial charge on any atom is 0.152 e. The molecule has 0 aliphatic carbocycles. The molecular formula is C7H11BS. The summed E-state index contributed by atoms with van der Waals surface area (Å²) in [6.45, 7) is 4.46. The summed E-state index contributed by atoms with van der Waals surface area (Å²) in [6, 6.07) is 2.21. The zero-order valence-corrected chi connectivity index (χ0v) is 6.96. The molecule has 1 aromatic rings. The topological polar surface area (TPSA) is 0 Å². The second-order valence-electron chi connectivity index (χ2n) is 2.59. The smallest absolute Gasteiger partial charge is 0.152 e. The fourth-order valence-electron chi connectivity index (χ4n) is 0.994. The zero-order chi connectivity index (χ0) is 6.85. The van der Waals surface area contributed by atoms with Crippen molar-refractivity contribution in [2.75, 3.05) is 0 Å². The highest BCUT2D eigenvalue weighted by molar-refractivity contribution is 7.18. The summed E-state index contributed by atoms with van der Waals surface area (Å²) in [4.78, 5) is 0. The van der Waals surface area contributed by atoms with Crippen molar-refractivity contribution < 1.29 is 0 Å². The largest absolute Gasteiger partial charge is 0.159 e. The van der Waals surface area contributed by atoms with E-state index in [1.807, 2.05) is 11.3 Å². The highest BCUT2D eigenvalue weighted by atomic mass is 32.1. The quantitative estimate of drug-likeness (QED) is 0.510. The molecule has 0 amide bonds. The predicted octanol–water partition coefficient (Wildman–Crippen LogP) is 1.13. The highest BCUT2D eigenvalue weighted by Crippen LogP contribution is 2.13. The third kappa shape index (κ3) is 1.36. The maximum atomic E-state index is 2.23. The molecule has 2 heteroatoms. The van der Waals surface area contributed by atoms with E-state index < -0.39 is 0 Å². The molecule has 0 aliphatic heterocycles. The van der Waals surface area contributed by atoms with Gasteiger partial charge in [-0.3, -0.25) is 0 Å². The first-order valence-electron chi connectivity index (χ1n) is 3.26. The number of hydrogen-bond donors (Lipinski definition) is 0. The first-order valence-corrected chi connectivity index (χ1v) is 4.13. The second kappa shape index (κ2) is 2.57. The van der Waals surface area contributed by atoms with Crippen molar-refractivity contribution >= 4 is 24.0 Å². The van der Waals surface area contributed by atoms with Crippen LogP contribution in [0.2, 0.25) is 0 Å². The lowest BCUT2D eigenvalue weighted by Gasteiger charge is -2.01. The van der Waals surface area contributed by atoms with Crippen LogP contribution in [-0.4, -0.2) is 7.85 Å². The van der Waals surface area contributed by atoms with Gasteiger partial charge in [0, 0.05) is 0 Å². The van der Waals surface area contributed by atoms with Gasteiger partial charge in [-0.1, -0.05) is 13.8 Å². The predicted molar refractivity (Wildman–Crippen MR) is 46.6 cm³/mol. The van der Waals surface area contributed by atoms with Crippen molar-refractivity contribution in [2.45, 2.75) is 19.8 Å². The third-order valence-electron chi connectivity index (χ3n) is 1.52. The van der Waals surface area contributed by atoms with Crippen molar-refractivity contribution in [1.29, 1.82) is 0 Å². The molecule has 0 spiro atoms. The average Bonchev–Trinajstić information content (AvgIpc) is 2.13. The molecule has 0 unspecified atom stereocenters. The minimum atomic E-state index is 0.691. The fourth-order valence-corrected chi connectivity index (χ4v) is 1.85. The van der Waals surface area contributed by atoms with Crippen molar-refractivity contribution in [1.82, 2.24) is 0 Å². The number of hydrogen-bond acceptors (Lipinski definition) is 1. The molecule has 1 rings (SSSR count). The summed E-state index contributed by atoms with van der Waals surface area (Å²) in [6.07, 6.45) is 0. The molecular weight excluding hydrogens is 127 g/mol. The Morgan fingerprint density at radius 1 is 1.56 bits per heavy atom. The molecule has 1 heterocycles. The van der Waals surface area contributed by atoms with E-state index >= 15 is 0 Å². The van der Waals surface area contributed by atoms with E-state index in [1.165, 1.54) is 10.3 Å². The summed E-state index contributed by atoms with van der Waals surface area (Å²) >= 11 is 1.83. The van der Waals surface area contributed by atoms with Crippen LogP contribution in [0.5, 0.6) is 0 Å². The lowest BCUT2D eigenvalue weighted by Crippen LogP contribution is -2.03. The molecule has 0 aromatic carbocycles. The van der Waals surface area contributed by atoms with Gasteiger partial charge in [0.15, 0.2) is 7.85 Å². The first kappa shape index (κ1) is 6.88. The van der Waals surface area contributed by atoms with E-state index in [4.69, 9.17) is 0 Å². The molecule has 1 aromatic heterocycles. The third-order valence-corrected chi connectivity index (χ3v) is 2.38. The van der Waals surface area contributed by atoms with Crippen LogP contribution in [0.3, 0.4) is 0 Å². The van der Waals surface area contributed by atoms with Gasteiger partial charge in [-0.2, -0.15) is 11.3 Å². The van der Waals surface area contributed by atoms with Gasteiger partial charge in [-0.15, -0.1) is 0 Å². The highest BCUT2D eigenvalue weighted by Gasteiger charge is 2.01. The average molecular weight is 138 g/mol. The Labute approximate surface area is 61.3 Å². The summed E-state index contributed by atoms with van der Waals surface area (Å²) in [5.74, 6) is 0.691. The summed E-state index contributed by atoms with van der Waals surface area (Å²) < 4.78 is 1.46. The molecule has 0 atom stereocenters. The Kier molecular flexibility index (Phi) is 1.96. The van der Waals surface area contributed by atoms with Gasteiger partial charge in [0.05, 0.1) is 0 Å². The van der Waals surface area contributed by atoms with Gasteiger partial charge < -0.3 is 0 Å². The monoisotopic (exact) mass is 138 g/mol. The van der Waals surface area contributed by atoms with Crippen LogP contribution in [0.1, 0.15) is 25.3 Å². The molecule has 0 nitrogen and oxygen atoms in total. The minimum Gasteiger partial charge on any atom is -0.159 e. The molecule has 9 heavy (non-hydrogen) atoms. The molecule has 0 aliphatic rings. The van der Waals surface area contributed by atoms with E-state index in [0.717, 1.165) is 0 Å². The molecule has 48 valence electrons. The Bertz CT molecular complexity index is 191. The van der Waals surface area contributed by atoms with E-state index in [2.05, 4.69) is 33.1 Å². The van der Waals surface area contributed by atoms with Gasteiger partial charge >= 0.3 is 0 Å². The van der Waals surface area contributed by atoms with Gasteiger partial charge in [-0.25, -0.2) is 0 Å². The Balaban J connectivity index is 2.94. The van der Waals surface area contributed by atoms with Crippen molar-refractivity contribution in [2.24, 2.45) is 0 Å². The molecule has 0 fully saturated rings. The van der Waals surface area contributed by atoms with Gasteiger partial charge in [0.25, 0.3) is 0 Å².